The zero-order chi connectivity index (χ0) is 20.8. The van der Waals surface area contributed by atoms with E-state index in [4.69, 9.17) is 23.3 Å². The molecule has 0 spiro atoms. The van der Waals surface area contributed by atoms with Gasteiger partial charge in [-0.05, 0) is 34.1 Å². The van der Waals surface area contributed by atoms with Crippen molar-refractivity contribution in [2.75, 3.05) is 53.8 Å². The predicted molar refractivity (Wildman–Crippen MR) is 102 cm³/mol. The number of carbonyl (C=O) groups is 1. The van der Waals surface area contributed by atoms with Crippen molar-refractivity contribution in [3.05, 3.63) is 0 Å². The van der Waals surface area contributed by atoms with E-state index in [-0.39, 0.29) is 18.9 Å². The van der Waals surface area contributed by atoms with E-state index in [1.54, 1.807) is 34.8 Å². The molecule has 0 aliphatic heterocycles. The first-order valence-corrected chi connectivity index (χ1v) is 10.6. The summed E-state index contributed by atoms with van der Waals surface area (Å²) in [5, 5.41) is 2.81. The molecule has 0 fully saturated rings. The number of rotatable bonds is 16. The van der Waals surface area contributed by atoms with Crippen LogP contribution in [0.2, 0.25) is 0 Å². The summed E-state index contributed by atoms with van der Waals surface area (Å²) in [6.45, 7) is 9.65. The first kappa shape index (κ1) is 26.5. The van der Waals surface area contributed by atoms with Crippen molar-refractivity contribution in [2.45, 2.75) is 52.2 Å². The van der Waals surface area contributed by atoms with Gasteiger partial charge in [-0.25, -0.2) is 9.65 Å². The van der Waals surface area contributed by atoms with Gasteiger partial charge in [0.05, 0.1) is 51.8 Å². The lowest BCUT2D eigenvalue weighted by molar-refractivity contribution is -0.141. The highest BCUT2D eigenvalue weighted by Gasteiger charge is 2.32. The van der Waals surface area contributed by atoms with Crippen LogP contribution in [-0.4, -0.2) is 71.5 Å². The molecular formula is C17H36NO8P. The molecule has 0 aliphatic carbocycles. The lowest BCUT2D eigenvalue weighted by Gasteiger charge is -2.29. The normalized spacial score (nSPS) is 15.3. The van der Waals surface area contributed by atoms with Gasteiger partial charge >= 0.3 is 13.7 Å². The number of nitrogens with one attached hydrogen (secondary N) is 1. The van der Waals surface area contributed by atoms with Crippen molar-refractivity contribution in [2.24, 2.45) is 0 Å². The Morgan fingerprint density at radius 2 is 1.63 bits per heavy atom. The Balaban J connectivity index is 4.29. The molecular weight excluding hydrogens is 377 g/mol. The highest BCUT2D eigenvalue weighted by atomic mass is 31.2. The lowest BCUT2D eigenvalue weighted by atomic mass is 10.2. The highest BCUT2D eigenvalue weighted by molar-refractivity contribution is 7.51. The molecule has 10 heteroatoms. The van der Waals surface area contributed by atoms with Crippen molar-refractivity contribution in [3.63, 3.8) is 0 Å². The van der Waals surface area contributed by atoms with Gasteiger partial charge in [0.25, 0.3) is 0 Å². The SMILES string of the molecule is COCCOCCOCCNP(=O)(OC(C)CCC(=O)OC)OC(C)(C)C. The Labute approximate surface area is 162 Å². The van der Waals surface area contributed by atoms with Crippen LogP contribution in [0.3, 0.4) is 0 Å². The van der Waals surface area contributed by atoms with Gasteiger partial charge < -0.3 is 18.9 Å². The van der Waals surface area contributed by atoms with Crippen molar-refractivity contribution < 1.29 is 37.4 Å². The van der Waals surface area contributed by atoms with Gasteiger partial charge in [0.1, 0.15) is 0 Å². The predicted octanol–water partition coefficient (Wildman–Crippen LogP) is 2.54. The molecule has 0 saturated heterocycles. The molecule has 0 amide bonds. The largest absolute Gasteiger partial charge is 0.469 e. The number of hydrogen-bond donors (Lipinski definition) is 1. The minimum Gasteiger partial charge on any atom is -0.469 e. The number of esters is 1. The molecule has 0 aliphatic rings. The first-order chi connectivity index (χ1) is 12.6. The van der Waals surface area contributed by atoms with Crippen LogP contribution in [0.5, 0.6) is 0 Å². The molecule has 0 saturated carbocycles. The molecule has 2 atom stereocenters. The third kappa shape index (κ3) is 16.1. The Morgan fingerprint density at radius 3 is 2.19 bits per heavy atom. The summed E-state index contributed by atoms with van der Waals surface area (Å²) in [5.41, 5.74) is -0.666. The summed E-state index contributed by atoms with van der Waals surface area (Å²) in [7, 11) is -0.628. The molecule has 162 valence electrons. The van der Waals surface area contributed by atoms with Crippen LogP contribution >= 0.6 is 7.75 Å². The lowest BCUT2D eigenvalue weighted by Crippen LogP contribution is -2.28. The van der Waals surface area contributed by atoms with Crippen LogP contribution in [0.15, 0.2) is 0 Å². The van der Waals surface area contributed by atoms with Crippen LogP contribution < -0.4 is 5.09 Å². The van der Waals surface area contributed by atoms with Crippen LogP contribution in [0.1, 0.15) is 40.5 Å². The summed E-state index contributed by atoms with van der Waals surface area (Å²) in [5.74, 6) is -0.342. The fourth-order valence-corrected chi connectivity index (χ4v) is 3.73. The van der Waals surface area contributed by atoms with Crippen molar-refractivity contribution in [1.29, 1.82) is 0 Å². The van der Waals surface area contributed by atoms with Crippen molar-refractivity contribution in [3.8, 4) is 0 Å². The fraction of sp³-hybridized carbons (Fsp3) is 0.941. The van der Waals surface area contributed by atoms with Crippen LogP contribution in [0, 0.1) is 0 Å². The van der Waals surface area contributed by atoms with Gasteiger partial charge in [-0.2, -0.15) is 0 Å². The molecule has 0 aromatic rings. The van der Waals surface area contributed by atoms with Gasteiger partial charge in [0.2, 0.25) is 0 Å². The topological polar surface area (TPSA) is 102 Å². The van der Waals surface area contributed by atoms with Gasteiger partial charge in [0, 0.05) is 20.1 Å². The summed E-state index contributed by atoms with van der Waals surface area (Å²) in [4.78, 5) is 11.2. The average Bonchev–Trinajstić information content (AvgIpc) is 2.56. The standard InChI is InChI=1S/C17H36NO8P/c1-15(7-8-16(19)22-6)25-27(20,26-17(2,3)4)18-9-10-23-13-14-24-12-11-21-5/h15H,7-14H2,1-6H3,(H,18,20). The van der Waals surface area contributed by atoms with E-state index in [0.29, 0.717) is 39.5 Å². The molecule has 2 unspecified atom stereocenters. The summed E-state index contributed by atoms with van der Waals surface area (Å²) >= 11 is 0. The maximum absolute atomic E-state index is 13.0. The van der Waals surface area contributed by atoms with E-state index in [1.165, 1.54) is 7.11 Å². The molecule has 0 bridgehead atoms. The molecule has 1 N–H and O–H groups in total. The van der Waals surface area contributed by atoms with E-state index in [9.17, 15) is 9.36 Å². The average molecular weight is 413 g/mol. The van der Waals surface area contributed by atoms with Gasteiger partial charge in [-0.15, -0.1) is 0 Å². The first-order valence-electron chi connectivity index (χ1n) is 9.07. The number of carbonyl (C=O) groups excluding carboxylic acids is 1. The zero-order valence-corrected chi connectivity index (χ0v) is 18.3. The molecule has 0 aromatic heterocycles. The Kier molecular flexibility index (Phi) is 14.2. The minimum atomic E-state index is -3.57. The smallest absolute Gasteiger partial charge is 0.406 e. The second-order valence-corrected chi connectivity index (χ2v) is 8.56. The number of hydrogen-bond acceptors (Lipinski definition) is 8. The van der Waals surface area contributed by atoms with Gasteiger partial charge in [-0.1, -0.05) is 0 Å². The van der Waals surface area contributed by atoms with Crippen LogP contribution in [-0.2, 0) is 37.4 Å². The van der Waals surface area contributed by atoms with E-state index < -0.39 is 19.5 Å². The van der Waals surface area contributed by atoms with E-state index >= 15 is 0 Å². The minimum absolute atomic E-state index is 0.180. The number of methoxy groups -OCH3 is 2. The van der Waals surface area contributed by atoms with Crippen LogP contribution in [0.4, 0.5) is 0 Å². The second-order valence-electron chi connectivity index (χ2n) is 6.86. The summed E-state index contributed by atoms with van der Waals surface area (Å²) in [6, 6.07) is 0. The zero-order valence-electron chi connectivity index (χ0n) is 17.4. The van der Waals surface area contributed by atoms with Gasteiger partial charge in [-0.3, -0.25) is 13.8 Å². The maximum Gasteiger partial charge on any atom is 0.406 e. The summed E-state index contributed by atoms with van der Waals surface area (Å²) in [6.07, 6.45) is 0.112. The number of ether oxygens (including phenoxy) is 4. The Hall–Kier alpha value is -0.540. The fourth-order valence-electron chi connectivity index (χ4n) is 1.88. The quantitative estimate of drug-likeness (QED) is 0.232. The molecule has 0 radical (unpaired) electrons. The van der Waals surface area contributed by atoms with Crippen LogP contribution in [0.25, 0.3) is 0 Å². The summed E-state index contributed by atoms with van der Waals surface area (Å²) < 4.78 is 44.4. The third-order valence-electron chi connectivity index (χ3n) is 3.05. The Bertz CT molecular complexity index is 441. The monoisotopic (exact) mass is 413 g/mol. The molecule has 0 heterocycles. The van der Waals surface area contributed by atoms with E-state index in [2.05, 4.69) is 9.82 Å². The molecule has 0 rings (SSSR count). The molecule has 27 heavy (non-hydrogen) atoms. The van der Waals surface area contributed by atoms with Gasteiger partial charge in [0.15, 0.2) is 0 Å². The molecule has 9 nitrogen and oxygen atoms in total. The second kappa shape index (κ2) is 14.5. The molecule has 0 aromatic carbocycles. The maximum atomic E-state index is 13.0. The van der Waals surface area contributed by atoms with E-state index in [0.717, 1.165) is 0 Å². The van der Waals surface area contributed by atoms with Crippen molar-refractivity contribution in [1.82, 2.24) is 5.09 Å². The van der Waals surface area contributed by atoms with E-state index in [1.807, 2.05) is 0 Å². The van der Waals surface area contributed by atoms with Crippen molar-refractivity contribution >= 4 is 13.7 Å². The highest BCUT2D eigenvalue weighted by Crippen LogP contribution is 2.48. The Morgan fingerprint density at radius 1 is 1.04 bits per heavy atom. The third-order valence-corrected chi connectivity index (χ3v) is 5.09.